The first-order valence-corrected chi connectivity index (χ1v) is 9.29. The van der Waals surface area contributed by atoms with Gasteiger partial charge in [0.15, 0.2) is 5.15 Å². The zero-order valence-electron chi connectivity index (χ0n) is 11.9. The number of fused-ring (bicyclic) bond motifs is 1. The molecule has 1 heterocycles. The van der Waals surface area contributed by atoms with Crippen molar-refractivity contribution in [2.24, 2.45) is 0 Å². The Labute approximate surface area is 151 Å². The Balaban J connectivity index is 2.21. The zero-order chi connectivity index (χ0) is 17.3. The second-order valence-electron chi connectivity index (χ2n) is 4.75. The van der Waals surface area contributed by atoms with E-state index >= 15 is 0 Å². The number of para-hydroxylation sites is 2. The zero-order valence-corrected chi connectivity index (χ0v) is 15.1. The molecule has 8 heteroatoms. The van der Waals surface area contributed by atoms with Gasteiger partial charge in [-0.1, -0.05) is 39.7 Å². The van der Waals surface area contributed by atoms with Gasteiger partial charge < -0.3 is 5.41 Å². The lowest BCUT2D eigenvalue weighted by atomic mass is 10.3. The van der Waals surface area contributed by atoms with Gasteiger partial charge in [0.1, 0.15) is 10.6 Å². The average Bonchev–Trinajstić information content (AvgIpc) is 2.56. The monoisotopic (exact) mass is 420 g/mol. The van der Waals surface area contributed by atoms with E-state index in [0.29, 0.717) is 11.0 Å². The van der Waals surface area contributed by atoms with E-state index in [2.05, 4.69) is 25.9 Å². The third-order valence-electron chi connectivity index (χ3n) is 3.24. The number of hydrogen-bond donors (Lipinski definition) is 0. The molecule has 0 saturated heterocycles. The maximum Gasteiger partial charge on any atom is 0.214 e. The van der Waals surface area contributed by atoms with E-state index in [-0.39, 0.29) is 15.7 Å². The van der Waals surface area contributed by atoms with Crippen molar-refractivity contribution in [3.63, 3.8) is 0 Å². The minimum absolute atomic E-state index is 0.0201. The lowest BCUT2D eigenvalue weighted by Crippen LogP contribution is -2.08. The first-order chi connectivity index (χ1) is 11.4. The van der Waals surface area contributed by atoms with Crippen molar-refractivity contribution in [3.05, 3.63) is 69.3 Å². The van der Waals surface area contributed by atoms with Crippen molar-refractivity contribution in [2.75, 3.05) is 0 Å². The summed E-state index contributed by atoms with van der Waals surface area (Å²) in [6.45, 7) is 0. The van der Waals surface area contributed by atoms with Crippen molar-refractivity contribution < 1.29 is 8.42 Å². The van der Waals surface area contributed by atoms with Crippen molar-refractivity contribution in [2.45, 2.75) is 4.90 Å². The Kier molecular flexibility index (Phi) is 4.51. The second kappa shape index (κ2) is 6.45. The van der Waals surface area contributed by atoms with E-state index in [1.165, 1.54) is 12.1 Å². The number of rotatable bonds is 3. The fourth-order valence-electron chi connectivity index (χ4n) is 2.09. The van der Waals surface area contributed by atoms with E-state index in [0.717, 1.165) is 4.47 Å². The summed E-state index contributed by atoms with van der Waals surface area (Å²) in [4.78, 5) is 7.78. The van der Waals surface area contributed by atoms with Crippen molar-refractivity contribution >= 4 is 59.2 Å². The largest absolute Gasteiger partial charge is 0.762 e. The summed E-state index contributed by atoms with van der Waals surface area (Å²) >= 11 is 9.32. The Bertz CT molecular complexity index is 1090. The lowest BCUT2D eigenvalue weighted by Gasteiger charge is -2.10. The minimum atomic E-state index is -4.06. The second-order valence-corrected chi connectivity index (χ2v) is 7.91. The minimum Gasteiger partial charge on any atom is -0.762 e. The summed E-state index contributed by atoms with van der Waals surface area (Å²) in [6, 6.07) is 12.8. The van der Waals surface area contributed by atoms with Crippen LogP contribution >= 0.6 is 27.5 Å². The molecule has 0 amide bonds. The Morgan fingerprint density at radius 3 is 2.21 bits per heavy atom. The molecule has 3 rings (SSSR count). The van der Waals surface area contributed by atoms with E-state index < -0.39 is 14.7 Å². The van der Waals surface area contributed by atoms with E-state index in [1.807, 2.05) is 0 Å². The van der Waals surface area contributed by atoms with Gasteiger partial charge in [0.25, 0.3) is 0 Å². The van der Waals surface area contributed by atoms with E-state index in [4.69, 9.17) is 11.6 Å². The highest BCUT2D eigenvalue weighted by atomic mass is 79.9. The molecule has 3 aromatic rings. The topological polar surface area (TPSA) is 82.2 Å². The van der Waals surface area contributed by atoms with Crippen LogP contribution in [0.1, 0.15) is 5.69 Å². The molecular weight excluding hydrogens is 414 g/mol. The Morgan fingerprint density at radius 2 is 1.62 bits per heavy atom. The van der Waals surface area contributed by atoms with Crippen LogP contribution in [0.2, 0.25) is 5.15 Å². The number of halogens is 2. The summed E-state index contributed by atoms with van der Waals surface area (Å²) in [7, 11) is -4.06. The molecule has 0 fully saturated rings. The fourth-order valence-corrected chi connectivity index (χ4v) is 3.89. The SMILES string of the molecule is [N-]=C=C(c1nc2ccccc2nc1Cl)S(=O)(=O)c1ccc(Br)cc1. The number of nitrogens with zero attached hydrogens (tertiary/aromatic N) is 3. The predicted octanol–water partition coefficient (Wildman–Crippen LogP) is 4.10. The van der Waals surface area contributed by atoms with Crippen LogP contribution in [-0.4, -0.2) is 24.3 Å². The molecule has 0 saturated carbocycles. The number of hydrogen-bond acceptors (Lipinski definition) is 4. The predicted molar refractivity (Wildman–Crippen MR) is 97.6 cm³/mol. The lowest BCUT2D eigenvalue weighted by molar-refractivity contribution is 0.606. The highest BCUT2D eigenvalue weighted by Gasteiger charge is 2.25. The van der Waals surface area contributed by atoms with Crippen LogP contribution in [0.15, 0.2) is 57.9 Å². The van der Waals surface area contributed by atoms with Crippen molar-refractivity contribution in [1.82, 2.24) is 9.97 Å². The summed E-state index contributed by atoms with van der Waals surface area (Å²) in [5.74, 6) is 1.71. The summed E-state index contributed by atoms with van der Waals surface area (Å²) in [5, 5.41) is 9.29. The fraction of sp³-hybridized carbons (Fsp3) is 0. The van der Waals surface area contributed by atoms with Gasteiger partial charge in [-0.05, 0) is 36.4 Å². The molecule has 0 atom stereocenters. The molecule has 120 valence electrons. The number of aromatic nitrogens is 2. The van der Waals surface area contributed by atoms with Crippen molar-refractivity contribution in [3.8, 4) is 0 Å². The Morgan fingerprint density at radius 1 is 1.04 bits per heavy atom. The van der Waals surface area contributed by atoms with Crippen LogP contribution < -0.4 is 0 Å². The third-order valence-corrected chi connectivity index (χ3v) is 5.74. The Hall–Kier alpha value is -2.05. The molecular formula is C16H8BrClN3O2S-. The van der Waals surface area contributed by atoms with Gasteiger partial charge in [-0.25, -0.2) is 24.3 Å². The first-order valence-electron chi connectivity index (χ1n) is 6.64. The molecule has 5 nitrogen and oxygen atoms in total. The number of benzene rings is 2. The summed E-state index contributed by atoms with van der Waals surface area (Å²) < 4.78 is 26.2. The third kappa shape index (κ3) is 2.99. The van der Waals surface area contributed by atoms with Crippen LogP contribution in [0.3, 0.4) is 0 Å². The molecule has 24 heavy (non-hydrogen) atoms. The molecule has 0 aliphatic heterocycles. The van der Waals surface area contributed by atoms with Gasteiger partial charge in [-0.3, -0.25) is 0 Å². The van der Waals surface area contributed by atoms with Gasteiger partial charge >= 0.3 is 0 Å². The van der Waals surface area contributed by atoms with Gasteiger partial charge in [0.05, 0.1) is 15.9 Å². The molecule has 0 aliphatic rings. The van der Waals surface area contributed by atoms with E-state index in [9.17, 15) is 13.8 Å². The smallest absolute Gasteiger partial charge is 0.214 e. The molecule has 0 bridgehead atoms. The maximum absolute atomic E-state index is 12.8. The highest BCUT2D eigenvalue weighted by molar-refractivity contribution is 9.10. The summed E-state index contributed by atoms with van der Waals surface area (Å²) in [6.07, 6.45) is 0. The van der Waals surface area contributed by atoms with Gasteiger partial charge in [0.2, 0.25) is 9.84 Å². The molecule has 2 aromatic carbocycles. The quantitative estimate of drug-likeness (QED) is 0.596. The molecule has 0 aliphatic carbocycles. The normalized spacial score (nSPS) is 11.2. The van der Waals surface area contributed by atoms with Crippen LogP contribution in [0, 0.1) is 0 Å². The molecule has 1 aromatic heterocycles. The molecule has 0 radical (unpaired) electrons. The van der Waals surface area contributed by atoms with Crippen LogP contribution in [0.5, 0.6) is 0 Å². The maximum atomic E-state index is 12.8. The van der Waals surface area contributed by atoms with Crippen molar-refractivity contribution in [1.29, 1.82) is 0 Å². The standard InChI is InChI=1S/C16H8BrClN3O2S/c17-10-5-7-11(8-6-10)24(22,23)14(9-19)15-16(18)21-13-4-2-1-3-12(13)20-15/h1-8H/q-1. The molecule has 0 unspecified atom stereocenters. The van der Waals surface area contributed by atoms with E-state index in [1.54, 1.807) is 42.3 Å². The highest BCUT2D eigenvalue weighted by Crippen LogP contribution is 2.30. The van der Waals surface area contributed by atoms with Gasteiger partial charge in [-0.2, -0.15) is 0 Å². The summed E-state index contributed by atoms with van der Waals surface area (Å²) in [5.41, 5.74) is 0.820. The van der Waals surface area contributed by atoms with Crippen LogP contribution in [-0.2, 0) is 9.84 Å². The first kappa shape index (κ1) is 16.8. The van der Waals surface area contributed by atoms with Gasteiger partial charge in [-0.15, -0.1) is 0 Å². The average molecular weight is 422 g/mol. The number of sulfone groups is 1. The van der Waals surface area contributed by atoms with Crippen LogP contribution in [0.25, 0.3) is 21.3 Å². The molecule has 0 spiro atoms. The van der Waals surface area contributed by atoms with Gasteiger partial charge in [0, 0.05) is 4.47 Å². The van der Waals surface area contributed by atoms with Crippen LogP contribution in [0.4, 0.5) is 0 Å². The molecule has 0 N–H and O–H groups in total.